The van der Waals surface area contributed by atoms with E-state index in [-0.39, 0.29) is 5.91 Å². The molecule has 6 nitrogen and oxygen atoms in total. The monoisotopic (exact) mass is 410 g/mol. The predicted molar refractivity (Wildman–Crippen MR) is 122 cm³/mol. The van der Waals surface area contributed by atoms with Crippen LogP contribution < -0.4 is 10.1 Å². The number of aromatic amines is 1. The molecule has 0 aliphatic heterocycles. The number of rotatable bonds is 5. The molecule has 0 unspecified atom stereocenters. The molecule has 1 amide bonds. The number of nitrogens with one attached hydrogen (secondary N) is 2. The van der Waals surface area contributed by atoms with E-state index in [1.165, 1.54) is 0 Å². The molecular weight excluding hydrogens is 388 g/mol. The minimum Gasteiger partial charge on any atom is -0.489 e. The molecule has 2 heterocycles. The second-order valence-electron chi connectivity index (χ2n) is 7.58. The van der Waals surface area contributed by atoms with E-state index >= 15 is 0 Å². The number of H-pyrrole nitrogens is 1. The molecule has 5 rings (SSSR count). The number of nitrogens with zero attached hydrogens (tertiary/aromatic N) is 2. The summed E-state index contributed by atoms with van der Waals surface area (Å²) in [4.78, 5) is 20.5. The Morgan fingerprint density at radius 1 is 1.06 bits per heavy atom. The lowest BCUT2D eigenvalue weighted by molar-refractivity contribution is 0.102. The highest BCUT2D eigenvalue weighted by atomic mass is 16.5. The first-order valence-corrected chi connectivity index (χ1v) is 10.1. The number of hydrogen-bond donors (Lipinski definition) is 2. The Morgan fingerprint density at radius 3 is 2.74 bits per heavy atom. The molecule has 0 saturated heterocycles. The van der Waals surface area contributed by atoms with Crippen LogP contribution in [0.1, 0.15) is 21.9 Å². The Kier molecular flexibility index (Phi) is 4.67. The zero-order chi connectivity index (χ0) is 21.4. The summed E-state index contributed by atoms with van der Waals surface area (Å²) in [5.74, 6) is 1.48. The molecule has 0 aliphatic rings. The maximum absolute atomic E-state index is 12.8. The second kappa shape index (κ2) is 7.65. The molecule has 5 aromatic rings. The van der Waals surface area contributed by atoms with Crippen LogP contribution in [0.4, 0.5) is 5.69 Å². The number of imidazole rings is 1. The molecule has 0 bridgehead atoms. The summed E-state index contributed by atoms with van der Waals surface area (Å²) in [6.07, 6.45) is 0. The van der Waals surface area contributed by atoms with E-state index in [9.17, 15) is 4.79 Å². The minimum atomic E-state index is -0.199. The largest absolute Gasteiger partial charge is 0.489 e. The zero-order valence-electron chi connectivity index (χ0n) is 17.3. The first-order valence-electron chi connectivity index (χ1n) is 10.1. The van der Waals surface area contributed by atoms with Crippen molar-refractivity contribution < 1.29 is 9.53 Å². The fourth-order valence-corrected chi connectivity index (χ4v) is 3.66. The molecule has 0 fully saturated rings. The summed E-state index contributed by atoms with van der Waals surface area (Å²) in [5.41, 5.74) is 5.05. The molecule has 0 spiro atoms. The van der Waals surface area contributed by atoms with Crippen LogP contribution in [-0.4, -0.2) is 20.4 Å². The Bertz CT molecular complexity index is 1400. The van der Waals surface area contributed by atoms with E-state index in [1.54, 1.807) is 0 Å². The van der Waals surface area contributed by atoms with Crippen molar-refractivity contribution in [1.29, 1.82) is 0 Å². The number of carbonyl (C=O) groups excluding carboxylic acids is 1. The van der Waals surface area contributed by atoms with Gasteiger partial charge in [0.15, 0.2) is 0 Å². The van der Waals surface area contributed by atoms with Gasteiger partial charge < -0.3 is 19.6 Å². The summed E-state index contributed by atoms with van der Waals surface area (Å²) < 4.78 is 7.91. The van der Waals surface area contributed by atoms with Gasteiger partial charge in [-0.05, 0) is 48.9 Å². The lowest BCUT2D eigenvalue weighted by Crippen LogP contribution is -2.12. The Balaban J connectivity index is 1.33. The van der Waals surface area contributed by atoms with Gasteiger partial charge in [-0.25, -0.2) is 4.98 Å². The van der Waals surface area contributed by atoms with E-state index in [2.05, 4.69) is 15.3 Å². The molecule has 0 saturated carbocycles. The third-order valence-electron chi connectivity index (χ3n) is 5.45. The van der Waals surface area contributed by atoms with Crippen molar-refractivity contribution in [3.05, 3.63) is 89.9 Å². The fourth-order valence-electron chi connectivity index (χ4n) is 3.66. The molecular formula is C25H22N4O2. The highest BCUT2D eigenvalue weighted by Crippen LogP contribution is 2.24. The van der Waals surface area contributed by atoms with Crippen LogP contribution in [0.2, 0.25) is 0 Å². The predicted octanol–water partition coefficient (Wildman–Crippen LogP) is 5.19. The fraction of sp³-hybridized carbons (Fsp3) is 0.120. The van der Waals surface area contributed by atoms with Gasteiger partial charge in [0, 0.05) is 29.7 Å². The highest BCUT2D eigenvalue weighted by Gasteiger charge is 2.12. The maximum atomic E-state index is 12.8. The van der Waals surface area contributed by atoms with Gasteiger partial charge in [-0.15, -0.1) is 0 Å². The normalized spacial score (nSPS) is 11.2. The number of carbonyl (C=O) groups is 1. The SMILES string of the molecule is Cc1nc2cc(NC(=O)c3cc4ccc(OCc5ccccc5)cc4[nH]3)ccc2n1C. The van der Waals surface area contributed by atoms with Crippen LogP contribution in [0.25, 0.3) is 21.9 Å². The Labute approximate surface area is 179 Å². The van der Waals surface area contributed by atoms with E-state index in [0.29, 0.717) is 18.0 Å². The van der Waals surface area contributed by atoms with Gasteiger partial charge in [0.25, 0.3) is 5.91 Å². The van der Waals surface area contributed by atoms with Crippen LogP contribution in [0.3, 0.4) is 0 Å². The van der Waals surface area contributed by atoms with E-state index in [4.69, 9.17) is 4.74 Å². The number of ether oxygens (including phenoxy) is 1. The van der Waals surface area contributed by atoms with Crippen LogP contribution in [0.15, 0.2) is 72.8 Å². The summed E-state index contributed by atoms with van der Waals surface area (Å²) in [6, 6.07) is 23.4. The van der Waals surface area contributed by atoms with Crippen molar-refractivity contribution in [2.45, 2.75) is 13.5 Å². The average Bonchev–Trinajstić information content (AvgIpc) is 3.33. The van der Waals surface area contributed by atoms with Gasteiger partial charge >= 0.3 is 0 Å². The first-order chi connectivity index (χ1) is 15.1. The van der Waals surface area contributed by atoms with Crippen molar-refractivity contribution in [3.63, 3.8) is 0 Å². The second-order valence-corrected chi connectivity index (χ2v) is 7.58. The molecule has 2 aromatic heterocycles. The molecule has 154 valence electrons. The lowest BCUT2D eigenvalue weighted by Gasteiger charge is -2.06. The van der Waals surface area contributed by atoms with Crippen LogP contribution >= 0.6 is 0 Å². The molecule has 6 heteroatoms. The Hall–Kier alpha value is -4.06. The van der Waals surface area contributed by atoms with Gasteiger partial charge in [0.05, 0.1) is 11.0 Å². The Morgan fingerprint density at radius 2 is 1.90 bits per heavy atom. The van der Waals surface area contributed by atoms with Gasteiger partial charge in [-0.3, -0.25) is 4.79 Å². The molecule has 0 atom stereocenters. The highest BCUT2D eigenvalue weighted by molar-refractivity contribution is 6.06. The number of aryl methyl sites for hydroxylation is 2. The number of hydrogen-bond acceptors (Lipinski definition) is 3. The number of amides is 1. The van der Waals surface area contributed by atoms with E-state index < -0.39 is 0 Å². The van der Waals surface area contributed by atoms with Crippen LogP contribution in [0, 0.1) is 6.92 Å². The molecule has 0 radical (unpaired) electrons. The quantitative estimate of drug-likeness (QED) is 0.419. The zero-order valence-corrected chi connectivity index (χ0v) is 17.3. The van der Waals surface area contributed by atoms with Crippen molar-refractivity contribution in [2.75, 3.05) is 5.32 Å². The summed E-state index contributed by atoms with van der Waals surface area (Å²) in [6.45, 7) is 2.45. The summed E-state index contributed by atoms with van der Waals surface area (Å²) >= 11 is 0. The van der Waals surface area contributed by atoms with E-state index in [1.807, 2.05) is 91.3 Å². The number of fused-ring (bicyclic) bond motifs is 2. The van der Waals surface area contributed by atoms with Gasteiger partial charge in [0.1, 0.15) is 23.9 Å². The van der Waals surface area contributed by atoms with Crippen molar-refractivity contribution in [1.82, 2.24) is 14.5 Å². The molecule has 2 N–H and O–H groups in total. The van der Waals surface area contributed by atoms with Crippen molar-refractivity contribution in [3.8, 4) is 5.75 Å². The maximum Gasteiger partial charge on any atom is 0.272 e. The van der Waals surface area contributed by atoms with E-state index in [0.717, 1.165) is 39.1 Å². The number of benzene rings is 3. The molecule has 0 aliphatic carbocycles. The third-order valence-corrected chi connectivity index (χ3v) is 5.45. The summed E-state index contributed by atoms with van der Waals surface area (Å²) in [7, 11) is 1.98. The number of aromatic nitrogens is 3. The molecule has 31 heavy (non-hydrogen) atoms. The van der Waals surface area contributed by atoms with Crippen molar-refractivity contribution in [2.24, 2.45) is 7.05 Å². The number of anilines is 1. The van der Waals surface area contributed by atoms with Crippen molar-refractivity contribution >= 4 is 33.5 Å². The minimum absolute atomic E-state index is 0.199. The molecule has 3 aromatic carbocycles. The summed E-state index contributed by atoms with van der Waals surface area (Å²) in [5, 5.41) is 3.90. The van der Waals surface area contributed by atoms with Crippen LogP contribution in [0.5, 0.6) is 5.75 Å². The topological polar surface area (TPSA) is 71.9 Å². The third kappa shape index (κ3) is 3.75. The average molecular weight is 410 g/mol. The first kappa shape index (κ1) is 18.9. The smallest absolute Gasteiger partial charge is 0.272 e. The lowest BCUT2D eigenvalue weighted by atomic mass is 10.2. The van der Waals surface area contributed by atoms with Gasteiger partial charge in [-0.1, -0.05) is 30.3 Å². The van der Waals surface area contributed by atoms with Gasteiger partial charge in [-0.2, -0.15) is 0 Å². The standard InChI is InChI=1S/C25H22N4O2/c1-16-26-22-13-19(9-11-24(22)29(16)2)27-25(30)23-12-18-8-10-20(14-21(18)28-23)31-15-17-6-4-3-5-7-17/h3-14,28H,15H2,1-2H3,(H,27,30). The van der Waals surface area contributed by atoms with Crippen LogP contribution in [-0.2, 0) is 13.7 Å². The van der Waals surface area contributed by atoms with Gasteiger partial charge in [0.2, 0.25) is 0 Å².